The molecule has 1 heterocycles. The smallest absolute Gasteiger partial charge is 0.336 e. The number of benzene rings is 1. The molecule has 0 radical (unpaired) electrons. The molecule has 114 valence electrons. The molecule has 0 aliphatic heterocycles. The number of aromatic hydroxyl groups is 1. The second kappa shape index (κ2) is 6.76. The van der Waals surface area contributed by atoms with Crippen LogP contribution in [0.15, 0.2) is 27.4 Å². The highest BCUT2D eigenvalue weighted by atomic mass is 16.4. The van der Waals surface area contributed by atoms with Crippen LogP contribution in [0.2, 0.25) is 0 Å². The zero-order valence-electron chi connectivity index (χ0n) is 13.0. The quantitative estimate of drug-likeness (QED) is 0.828. The lowest BCUT2D eigenvalue weighted by atomic mass is 10.1. The number of rotatable bonds is 6. The van der Waals surface area contributed by atoms with Crippen molar-refractivity contribution in [1.82, 2.24) is 4.90 Å². The molecule has 0 unspecified atom stereocenters. The molecule has 0 aliphatic rings. The van der Waals surface area contributed by atoms with Gasteiger partial charge in [0, 0.05) is 23.6 Å². The zero-order chi connectivity index (χ0) is 15.4. The average Bonchev–Trinajstić information content (AvgIpc) is 2.44. The van der Waals surface area contributed by atoms with E-state index in [4.69, 9.17) is 4.42 Å². The fourth-order valence-corrected chi connectivity index (χ4v) is 2.69. The largest absolute Gasteiger partial charge is 0.508 e. The Hall–Kier alpha value is -1.81. The summed E-state index contributed by atoms with van der Waals surface area (Å²) in [6.45, 7) is 8.82. The number of hydrogen-bond donors (Lipinski definition) is 1. The third-order valence-corrected chi connectivity index (χ3v) is 3.69. The van der Waals surface area contributed by atoms with Gasteiger partial charge in [-0.25, -0.2) is 4.79 Å². The number of fused-ring (bicyclic) bond motifs is 1. The highest BCUT2D eigenvalue weighted by Crippen LogP contribution is 2.27. The SMILES string of the molecule is CCCN(CCC)Cc1cc(=O)oc2c(C)c(O)ccc12. The molecule has 1 N–H and O–H groups in total. The number of phenolic OH excluding ortho intramolecular Hbond substituents is 1. The highest BCUT2D eigenvalue weighted by molar-refractivity contribution is 5.84. The second-order valence-corrected chi connectivity index (χ2v) is 5.45. The summed E-state index contributed by atoms with van der Waals surface area (Å²) in [5.41, 5.74) is 1.71. The zero-order valence-corrected chi connectivity index (χ0v) is 13.0. The highest BCUT2D eigenvalue weighted by Gasteiger charge is 2.13. The van der Waals surface area contributed by atoms with Crippen molar-refractivity contribution in [3.8, 4) is 5.75 Å². The molecule has 0 atom stereocenters. The molecule has 0 fully saturated rings. The molecule has 1 aromatic heterocycles. The van der Waals surface area contributed by atoms with Gasteiger partial charge in [-0.15, -0.1) is 0 Å². The van der Waals surface area contributed by atoms with Crippen LogP contribution < -0.4 is 5.63 Å². The molecule has 21 heavy (non-hydrogen) atoms. The maximum Gasteiger partial charge on any atom is 0.336 e. The maximum atomic E-state index is 11.8. The molecule has 4 heteroatoms. The van der Waals surface area contributed by atoms with Crippen LogP contribution >= 0.6 is 0 Å². The lowest BCUT2D eigenvalue weighted by molar-refractivity contribution is 0.267. The van der Waals surface area contributed by atoms with E-state index in [1.54, 1.807) is 19.1 Å². The van der Waals surface area contributed by atoms with E-state index in [1.165, 1.54) is 0 Å². The first-order valence-electron chi connectivity index (χ1n) is 7.54. The van der Waals surface area contributed by atoms with Gasteiger partial charge in [-0.1, -0.05) is 13.8 Å². The molecule has 0 saturated heterocycles. The Kier molecular flexibility index (Phi) is 5.02. The summed E-state index contributed by atoms with van der Waals surface area (Å²) >= 11 is 0. The van der Waals surface area contributed by atoms with Gasteiger partial charge >= 0.3 is 5.63 Å². The Balaban J connectivity index is 2.48. The normalized spacial score (nSPS) is 11.4. The standard InChI is InChI=1S/C17H23NO3/c1-4-8-18(9-5-2)11-13-10-16(20)21-17-12(3)15(19)7-6-14(13)17/h6-7,10,19H,4-5,8-9,11H2,1-3H3. The molecular formula is C17H23NO3. The fraction of sp³-hybridized carbons (Fsp3) is 0.471. The molecule has 2 rings (SSSR count). The monoisotopic (exact) mass is 289 g/mol. The van der Waals surface area contributed by atoms with E-state index in [0.717, 1.165) is 43.4 Å². The van der Waals surface area contributed by atoms with Crippen LogP contribution in [-0.2, 0) is 6.54 Å². The van der Waals surface area contributed by atoms with Gasteiger partial charge in [0.2, 0.25) is 0 Å². The number of aryl methyl sites for hydroxylation is 1. The van der Waals surface area contributed by atoms with Gasteiger partial charge in [0.25, 0.3) is 0 Å². The van der Waals surface area contributed by atoms with Crippen LogP contribution in [0.25, 0.3) is 11.0 Å². The van der Waals surface area contributed by atoms with E-state index in [1.807, 2.05) is 6.07 Å². The summed E-state index contributed by atoms with van der Waals surface area (Å²) in [5.74, 6) is 0.154. The first-order valence-corrected chi connectivity index (χ1v) is 7.54. The van der Waals surface area contributed by atoms with Crippen molar-refractivity contribution in [3.63, 3.8) is 0 Å². The van der Waals surface area contributed by atoms with E-state index in [0.29, 0.717) is 11.1 Å². The molecule has 0 bridgehead atoms. The van der Waals surface area contributed by atoms with Crippen molar-refractivity contribution in [2.45, 2.75) is 40.2 Å². The lowest BCUT2D eigenvalue weighted by Gasteiger charge is -2.21. The Morgan fingerprint density at radius 1 is 1.19 bits per heavy atom. The minimum Gasteiger partial charge on any atom is -0.508 e. The van der Waals surface area contributed by atoms with E-state index in [9.17, 15) is 9.90 Å². The topological polar surface area (TPSA) is 53.7 Å². The summed E-state index contributed by atoms with van der Waals surface area (Å²) < 4.78 is 5.28. The minimum atomic E-state index is -0.362. The van der Waals surface area contributed by atoms with Gasteiger partial charge in [0.05, 0.1) is 0 Å². The van der Waals surface area contributed by atoms with E-state index in [2.05, 4.69) is 18.7 Å². The van der Waals surface area contributed by atoms with E-state index < -0.39 is 0 Å². The molecule has 0 amide bonds. The van der Waals surface area contributed by atoms with Crippen LogP contribution in [0, 0.1) is 6.92 Å². The van der Waals surface area contributed by atoms with E-state index in [-0.39, 0.29) is 11.4 Å². The predicted octanol–water partition coefficient (Wildman–Crippen LogP) is 3.43. The van der Waals surface area contributed by atoms with Crippen molar-refractivity contribution in [3.05, 3.63) is 39.7 Å². The van der Waals surface area contributed by atoms with Gasteiger partial charge in [0.15, 0.2) is 0 Å². The summed E-state index contributed by atoms with van der Waals surface area (Å²) in [6.07, 6.45) is 2.17. The lowest BCUT2D eigenvalue weighted by Crippen LogP contribution is -2.25. The van der Waals surface area contributed by atoms with Crippen LogP contribution in [0.1, 0.15) is 37.8 Å². The van der Waals surface area contributed by atoms with E-state index >= 15 is 0 Å². The second-order valence-electron chi connectivity index (χ2n) is 5.45. The Labute approximate surface area is 125 Å². The molecular weight excluding hydrogens is 266 g/mol. The van der Waals surface area contributed by atoms with Crippen LogP contribution in [-0.4, -0.2) is 23.1 Å². The Morgan fingerprint density at radius 3 is 2.48 bits per heavy atom. The molecule has 2 aromatic rings. The van der Waals surface area contributed by atoms with Crippen molar-refractivity contribution in [1.29, 1.82) is 0 Å². The third-order valence-electron chi connectivity index (χ3n) is 3.69. The first kappa shape index (κ1) is 15.6. The van der Waals surface area contributed by atoms with Crippen molar-refractivity contribution >= 4 is 11.0 Å². The minimum absolute atomic E-state index is 0.154. The van der Waals surface area contributed by atoms with Crippen molar-refractivity contribution in [2.75, 3.05) is 13.1 Å². The molecule has 0 spiro atoms. The molecule has 0 aliphatic carbocycles. The number of hydrogen-bond acceptors (Lipinski definition) is 4. The Bertz CT molecular complexity index is 670. The van der Waals surface area contributed by atoms with Gasteiger partial charge in [-0.2, -0.15) is 0 Å². The van der Waals surface area contributed by atoms with Crippen LogP contribution in [0.4, 0.5) is 0 Å². The number of nitrogens with zero attached hydrogens (tertiary/aromatic N) is 1. The first-order chi connectivity index (χ1) is 10.1. The molecule has 4 nitrogen and oxygen atoms in total. The molecule has 1 aromatic carbocycles. The van der Waals surface area contributed by atoms with Gasteiger partial charge in [-0.05, 0) is 50.6 Å². The maximum absolute atomic E-state index is 11.8. The summed E-state index contributed by atoms with van der Waals surface area (Å²) in [7, 11) is 0. The summed E-state index contributed by atoms with van der Waals surface area (Å²) in [6, 6.07) is 5.05. The third kappa shape index (κ3) is 3.45. The summed E-state index contributed by atoms with van der Waals surface area (Å²) in [5, 5.41) is 10.7. The Morgan fingerprint density at radius 2 is 1.86 bits per heavy atom. The molecule has 0 saturated carbocycles. The van der Waals surface area contributed by atoms with Crippen molar-refractivity contribution < 1.29 is 9.52 Å². The average molecular weight is 289 g/mol. The fourth-order valence-electron chi connectivity index (χ4n) is 2.69. The van der Waals surface area contributed by atoms with Crippen LogP contribution in [0.3, 0.4) is 0 Å². The summed E-state index contributed by atoms with van der Waals surface area (Å²) in [4.78, 5) is 14.1. The van der Waals surface area contributed by atoms with Gasteiger partial charge in [-0.3, -0.25) is 4.90 Å². The van der Waals surface area contributed by atoms with Crippen molar-refractivity contribution in [2.24, 2.45) is 0 Å². The van der Waals surface area contributed by atoms with Crippen LogP contribution in [0.5, 0.6) is 5.75 Å². The number of phenols is 1. The van der Waals surface area contributed by atoms with Gasteiger partial charge in [0.1, 0.15) is 11.3 Å². The van der Waals surface area contributed by atoms with Gasteiger partial charge < -0.3 is 9.52 Å². The predicted molar refractivity (Wildman–Crippen MR) is 84.7 cm³/mol.